The standard InChI is InChI=1S/C8H15NO.C3H5ClO.CH4/c1-2-3-4-9-5-7-10-8-6-9;1-2-3(4)5;/h2-3H,4-8H2,1H3;2H2,1H3;1H4/b3-2+;;. The van der Waals surface area contributed by atoms with Crippen molar-refractivity contribution >= 4 is 16.8 Å². The third kappa shape index (κ3) is 11.7. The van der Waals surface area contributed by atoms with Gasteiger partial charge in [0.2, 0.25) is 5.24 Å². The molecule has 1 rings (SSSR count). The molecule has 0 spiro atoms. The van der Waals surface area contributed by atoms with Gasteiger partial charge in [0.25, 0.3) is 0 Å². The van der Waals surface area contributed by atoms with Crippen LogP contribution in [-0.4, -0.2) is 43.0 Å². The molecule has 3 nitrogen and oxygen atoms in total. The van der Waals surface area contributed by atoms with E-state index in [0.717, 1.165) is 32.8 Å². The van der Waals surface area contributed by atoms with Crippen molar-refractivity contribution in [2.45, 2.75) is 27.7 Å². The lowest BCUT2D eigenvalue weighted by Crippen LogP contribution is -2.36. The number of halogens is 1. The van der Waals surface area contributed by atoms with E-state index in [4.69, 9.17) is 16.3 Å². The molecular weight excluding hydrogens is 226 g/mol. The third-order valence-corrected chi connectivity index (χ3v) is 2.25. The predicted octanol–water partition coefficient (Wildman–Crippen LogP) is 2.69. The van der Waals surface area contributed by atoms with Crippen molar-refractivity contribution in [2.75, 3.05) is 32.8 Å². The Labute approximate surface area is 104 Å². The zero-order valence-corrected chi connectivity index (χ0v) is 10.3. The van der Waals surface area contributed by atoms with Crippen LogP contribution < -0.4 is 0 Å². The van der Waals surface area contributed by atoms with E-state index in [1.54, 1.807) is 6.92 Å². The molecule has 4 heteroatoms. The molecule has 0 N–H and O–H groups in total. The van der Waals surface area contributed by atoms with Crippen LogP contribution in [0.1, 0.15) is 27.7 Å². The maximum atomic E-state index is 9.58. The lowest BCUT2D eigenvalue weighted by Gasteiger charge is -2.24. The molecule has 0 saturated carbocycles. The molecular formula is C12H24ClNO2. The number of carbonyl (C=O) groups is 1. The number of hydrogen-bond acceptors (Lipinski definition) is 3. The Bertz CT molecular complexity index is 189. The predicted molar refractivity (Wildman–Crippen MR) is 70.0 cm³/mol. The highest BCUT2D eigenvalue weighted by Crippen LogP contribution is 1.95. The molecule has 1 fully saturated rings. The molecule has 0 amide bonds. The Morgan fingerprint density at radius 3 is 2.31 bits per heavy atom. The first kappa shape index (κ1) is 18.0. The van der Waals surface area contributed by atoms with Gasteiger partial charge in [0.15, 0.2) is 0 Å². The number of morpholine rings is 1. The first-order valence-corrected chi connectivity index (χ1v) is 5.68. The topological polar surface area (TPSA) is 29.5 Å². The number of carbonyl (C=O) groups excluding carboxylic acids is 1. The third-order valence-electron chi connectivity index (χ3n) is 1.98. The first-order chi connectivity index (χ1) is 7.20. The van der Waals surface area contributed by atoms with Gasteiger partial charge in [-0.15, -0.1) is 0 Å². The van der Waals surface area contributed by atoms with Crippen LogP contribution in [0.25, 0.3) is 0 Å². The minimum atomic E-state index is -0.273. The summed E-state index contributed by atoms with van der Waals surface area (Å²) in [5, 5.41) is -0.273. The van der Waals surface area contributed by atoms with Crippen molar-refractivity contribution in [1.82, 2.24) is 4.90 Å². The van der Waals surface area contributed by atoms with Gasteiger partial charge in [0.1, 0.15) is 0 Å². The minimum absolute atomic E-state index is 0. The Morgan fingerprint density at radius 1 is 1.44 bits per heavy atom. The Balaban J connectivity index is 0. The quantitative estimate of drug-likeness (QED) is 0.569. The fourth-order valence-electron chi connectivity index (χ4n) is 1.04. The summed E-state index contributed by atoms with van der Waals surface area (Å²) >= 11 is 4.82. The second-order valence-corrected chi connectivity index (χ2v) is 3.61. The lowest BCUT2D eigenvalue weighted by molar-refractivity contribution is -0.111. The van der Waals surface area contributed by atoms with E-state index in [1.165, 1.54) is 0 Å². The minimum Gasteiger partial charge on any atom is -0.379 e. The SMILES string of the molecule is C.C/C=C/CN1CCOCC1.CCC(=O)Cl. The van der Waals surface area contributed by atoms with Crippen LogP contribution in [0.5, 0.6) is 0 Å². The van der Waals surface area contributed by atoms with Crippen molar-refractivity contribution < 1.29 is 9.53 Å². The van der Waals surface area contributed by atoms with Crippen molar-refractivity contribution in [3.8, 4) is 0 Å². The average molecular weight is 250 g/mol. The molecule has 0 aliphatic carbocycles. The summed E-state index contributed by atoms with van der Waals surface area (Å²) in [6, 6.07) is 0. The van der Waals surface area contributed by atoms with Gasteiger partial charge < -0.3 is 4.74 Å². The summed E-state index contributed by atoms with van der Waals surface area (Å²) in [7, 11) is 0. The molecule has 96 valence electrons. The fraction of sp³-hybridized carbons (Fsp3) is 0.750. The van der Waals surface area contributed by atoms with Crippen LogP contribution in [-0.2, 0) is 9.53 Å². The highest BCUT2D eigenvalue weighted by atomic mass is 35.5. The monoisotopic (exact) mass is 249 g/mol. The molecule has 0 unspecified atom stereocenters. The van der Waals surface area contributed by atoms with Crippen LogP contribution >= 0.6 is 11.6 Å². The van der Waals surface area contributed by atoms with Crippen molar-refractivity contribution in [3.63, 3.8) is 0 Å². The molecule has 0 aromatic rings. The largest absolute Gasteiger partial charge is 0.379 e. The molecule has 1 aliphatic heterocycles. The maximum Gasteiger partial charge on any atom is 0.221 e. The van der Waals surface area contributed by atoms with Gasteiger partial charge in [0, 0.05) is 26.1 Å². The summed E-state index contributed by atoms with van der Waals surface area (Å²) in [4.78, 5) is 12.0. The first-order valence-electron chi connectivity index (χ1n) is 5.30. The van der Waals surface area contributed by atoms with Gasteiger partial charge in [-0.1, -0.05) is 26.5 Å². The summed E-state index contributed by atoms with van der Waals surface area (Å²) in [6.07, 6.45) is 4.71. The van der Waals surface area contributed by atoms with Gasteiger partial charge in [-0.25, -0.2) is 0 Å². The van der Waals surface area contributed by atoms with Gasteiger partial charge in [-0.05, 0) is 18.5 Å². The zero-order valence-electron chi connectivity index (χ0n) is 9.54. The van der Waals surface area contributed by atoms with E-state index in [1.807, 2.05) is 0 Å². The molecule has 0 radical (unpaired) electrons. The molecule has 0 atom stereocenters. The highest BCUT2D eigenvalue weighted by Gasteiger charge is 2.06. The number of nitrogens with zero attached hydrogens (tertiary/aromatic N) is 1. The second-order valence-electron chi connectivity index (χ2n) is 3.19. The van der Waals surface area contributed by atoms with Crippen molar-refractivity contribution in [3.05, 3.63) is 12.2 Å². The van der Waals surface area contributed by atoms with Crippen LogP contribution in [0.2, 0.25) is 0 Å². The molecule has 1 aliphatic rings. The van der Waals surface area contributed by atoms with E-state index in [9.17, 15) is 4.79 Å². The van der Waals surface area contributed by atoms with Gasteiger partial charge in [0.05, 0.1) is 13.2 Å². The normalized spacial score (nSPS) is 16.2. The molecule has 0 aromatic carbocycles. The summed E-state index contributed by atoms with van der Waals surface area (Å²) in [5.74, 6) is 0. The highest BCUT2D eigenvalue weighted by molar-refractivity contribution is 6.63. The van der Waals surface area contributed by atoms with E-state index in [2.05, 4.69) is 24.0 Å². The van der Waals surface area contributed by atoms with Gasteiger partial charge in [-0.2, -0.15) is 0 Å². The van der Waals surface area contributed by atoms with E-state index < -0.39 is 0 Å². The fourth-order valence-corrected chi connectivity index (χ4v) is 1.04. The van der Waals surface area contributed by atoms with Crippen LogP contribution in [0, 0.1) is 0 Å². The Kier molecular flexibility index (Phi) is 14.3. The Morgan fingerprint density at radius 2 is 1.94 bits per heavy atom. The van der Waals surface area contributed by atoms with Crippen molar-refractivity contribution in [2.24, 2.45) is 0 Å². The molecule has 16 heavy (non-hydrogen) atoms. The zero-order chi connectivity index (χ0) is 11.5. The van der Waals surface area contributed by atoms with Crippen LogP contribution in [0.15, 0.2) is 12.2 Å². The molecule has 1 heterocycles. The molecule has 0 aromatic heterocycles. The van der Waals surface area contributed by atoms with Gasteiger partial charge >= 0.3 is 0 Å². The van der Waals surface area contributed by atoms with Gasteiger partial charge in [-0.3, -0.25) is 9.69 Å². The van der Waals surface area contributed by atoms with Crippen LogP contribution in [0.3, 0.4) is 0 Å². The number of rotatable bonds is 3. The van der Waals surface area contributed by atoms with E-state index in [-0.39, 0.29) is 12.7 Å². The van der Waals surface area contributed by atoms with E-state index >= 15 is 0 Å². The number of hydrogen-bond donors (Lipinski definition) is 0. The molecule has 1 saturated heterocycles. The second kappa shape index (κ2) is 12.7. The lowest BCUT2D eigenvalue weighted by atomic mass is 10.4. The number of ether oxygens (including phenoxy) is 1. The van der Waals surface area contributed by atoms with E-state index in [0.29, 0.717) is 6.42 Å². The summed E-state index contributed by atoms with van der Waals surface area (Å²) in [6.45, 7) is 8.83. The molecule has 0 bridgehead atoms. The average Bonchev–Trinajstić information content (AvgIpc) is 2.28. The smallest absolute Gasteiger partial charge is 0.221 e. The Hall–Kier alpha value is -0.380. The summed E-state index contributed by atoms with van der Waals surface area (Å²) in [5.41, 5.74) is 0. The summed E-state index contributed by atoms with van der Waals surface area (Å²) < 4.78 is 5.21. The number of allylic oxidation sites excluding steroid dienone is 1. The maximum absolute atomic E-state index is 9.58. The van der Waals surface area contributed by atoms with Crippen molar-refractivity contribution in [1.29, 1.82) is 0 Å². The van der Waals surface area contributed by atoms with Crippen LogP contribution in [0.4, 0.5) is 0 Å².